The summed E-state index contributed by atoms with van der Waals surface area (Å²) in [5.41, 5.74) is 0.557. The van der Waals surface area contributed by atoms with Crippen LogP contribution in [0.15, 0.2) is 0 Å². The Labute approximate surface area is 214 Å². The van der Waals surface area contributed by atoms with Crippen LogP contribution in [0.3, 0.4) is 0 Å². The van der Waals surface area contributed by atoms with E-state index in [9.17, 15) is 15.0 Å². The number of carbonyl (C=O) groups excluding carboxylic acids is 1. The zero-order valence-corrected chi connectivity index (χ0v) is 22.9. The van der Waals surface area contributed by atoms with Gasteiger partial charge in [-0.25, -0.2) is 4.79 Å². The fraction of sp³-hybridized carbons (Fsp3) is 0.967. The fourth-order valence-corrected chi connectivity index (χ4v) is 9.65. The third-order valence-electron chi connectivity index (χ3n) is 11.6. The van der Waals surface area contributed by atoms with Gasteiger partial charge in [-0.3, -0.25) is 0 Å². The van der Waals surface area contributed by atoms with Gasteiger partial charge in [-0.1, -0.05) is 47.0 Å². The van der Waals surface area contributed by atoms with Crippen molar-refractivity contribution in [1.29, 1.82) is 0 Å². The molecule has 0 unspecified atom stereocenters. The van der Waals surface area contributed by atoms with Crippen LogP contribution in [0.2, 0.25) is 0 Å². The van der Waals surface area contributed by atoms with Crippen molar-refractivity contribution in [1.82, 2.24) is 5.32 Å². The molecule has 4 aliphatic carbocycles. The number of alkyl carbamates (subject to hydrolysis) is 1. The lowest BCUT2D eigenvalue weighted by molar-refractivity contribution is -0.202. The SMILES string of the molecule is CCCCCNC(=O)OCCC[C@H]1CC[C@H]2[C@@H]3[C@H](O)[C@H](CC)[C@@H]4C[C@H](O)CC[C@]4(C)[C@H]3CC[C@]12C. The second kappa shape index (κ2) is 11.3. The zero-order chi connectivity index (χ0) is 25.2. The van der Waals surface area contributed by atoms with Crippen molar-refractivity contribution in [3.05, 3.63) is 0 Å². The summed E-state index contributed by atoms with van der Waals surface area (Å²) in [6.07, 6.45) is 13.6. The van der Waals surface area contributed by atoms with Gasteiger partial charge in [0.25, 0.3) is 0 Å². The Morgan fingerprint density at radius 1 is 0.943 bits per heavy atom. The van der Waals surface area contributed by atoms with Crippen molar-refractivity contribution in [3.63, 3.8) is 0 Å². The van der Waals surface area contributed by atoms with Crippen molar-refractivity contribution in [2.24, 2.45) is 46.3 Å². The van der Waals surface area contributed by atoms with Crippen molar-refractivity contribution >= 4 is 6.09 Å². The molecular weight excluding hydrogens is 438 g/mol. The Kier molecular flexibility index (Phi) is 8.78. The summed E-state index contributed by atoms with van der Waals surface area (Å²) >= 11 is 0. The molecule has 1 amide bonds. The lowest BCUT2D eigenvalue weighted by atomic mass is 9.41. The van der Waals surface area contributed by atoms with E-state index < -0.39 is 0 Å². The summed E-state index contributed by atoms with van der Waals surface area (Å²) in [4.78, 5) is 11.9. The highest BCUT2D eigenvalue weighted by Gasteiger charge is 2.64. The monoisotopic (exact) mass is 491 g/mol. The van der Waals surface area contributed by atoms with Gasteiger partial charge in [0.1, 0.15) is 0 Å². The molecule has 5 nitrogen and oxygen atoms in total. The van der Waals surface area contributed by atoms with Gasteiger partial charge >= 0.3 is 6.09 Å². The maximum Gasteiger partial charge on any atom is 0.407 e. The standard InChI is InChI=1S/C30H53NO4/c1-5-7-8-17-31-28(34)35-18-9-10-20-11-12-23-26-24(14-16-29(20,23)3)30(4)15-13-21(32)19-25(30)22(6-2)27(26)33/h20-27,32-33H,5-19H2,1-4H3,(H,31,34)/t20-,21+,22+,23-,24-,25-,26-,27+,29+,30+/m0/s1. The summed E-state index contributed by atoms with van der Waals surface area (Å²) in [5.74, 6) is 3.04. The number of hydrogen-bond donors (Lipinski definition) is 3. The average molecular weight is 492 g/mol. The molecule has 0 aromatic carbocycles. The zero-order valence-electron chi connectivity index (χ0n) is 22.9. The van der Waals surface area contributed by atoms with E-state index in [1.165, 1.54) is 25.7 Å². The van der Waals surface area contributed by atoms with Gasteiger partial charge in [0.05, 0.1) is 18.8 Å². The molecule has 0 saturated heterocycles. The van der Waals surface area contributed by atoms with Crippen LogP contribution in [-0.2, 0) is 4.74 Å². The van der Waals surface area contributed by atoms with Gasteiger partial charge in [-0.2, -0.15) is 0 Å². The van der Waals surface area contributed by atoms with Crippen molar-refractivity contribution in [3.8, 4) is 0 Å². The fourth-order valence-electron chi connectivity index (χ4n) is 9.65. The van der Waals surface area contributed by atoms with E-state index in [4.69, 9.17) is 4.74 Å². The molecule has 0 aliphatic heterocycles. The second-order valence-corrected chi connectivity index (χ2v) is 13.1. The Morgan fingerprint density at radius 2 is 1.69 bits per heavy atom. The van der Waals surface area contributed by atoms with E-state index >= 15 is 0 Å². The van der Waals surface area contributed by atoms with Crippen molar-refractivity contribution < 1.29 is 19.7 Å². The summed E-state index contributed by atoms with van der Waals surface area (Å²) in [6, 6.07) is 0. The Balaban J connectivity index is 1.36. The summed E-state index contributed by atoms with van der Waals surface area (Å²) in [7, 11) is 0. The minimum atomic E-state index is -0.270. The molecule has 4 saturated carbocycles. The van der Waals surface area contributed by atoms with Crippen LogP contribution in [0.4, 0.5) is 4.79 Å². The van der Waals surface area contributed by atoms with Gasteiger partial charge in [-0.15, -0.1) is 0 Å². The highest BCUT2D eigenvalue weighted by Crippen LogP contribution is 2.69. The lowest BCUT2D eigenvalue weighted by Gasteiger charge is -2.64. The van der Waals surface area contributed by atoms with E-state index in [0.29, 0.717) is 54.1 Å². The van der Waals surface area contributed by atoms with Gasteiger partial charge in [0.15, 0.2) is 0 Å². The van der Waals surface area contributed by atoms with Crippen LogP contribution in [-0.4, -0.2) is 41.7 Å². The van der Waals surface area contributed by atoms with Crippen LogP contribution in [0, 0.1) is 46.3 Å². The van der Waals surface area contributed by atoms with Crippen LogP contribution in [0.5, 0.6) is 0 Å². The molecule has 0 radical (unpaired) electrons. The molecule has 4 fully saturated rings. The molecule has 35 heavy (non-hydrogen) atoms. The van der Waals surface area contributed by atoms with E-state index in [-0.39, 0.29) is 23.7 Å². The smallest absolute Gasteiger partial charge is 0.407 e. The topological polar surface area (TPSA) is 78.8 Å². The number of fused-ring (bicyclic) bond motifs is 5. The number of nitrogens with one attached hydrogen (secondary N) is 1. The molecule has 0 aromatic heterocycles. The molecule has 0 heterocycles. The Bertz CT molecular complexity index is 714. The molecule has 4 aliphatic rings. The molecule has 0 spiro atoms. The summed E-state index contributed by atoms with van der Waals surface area (Å²) < 4.78 is 5.45. The molecule has 3 N–H and O–H groups in total. The number of rotatable bonds is 9. The minimum Gasteiger partial charge on any atom is -0.450 e. The third kappa shape index (κ3) is 5.15. The van der Waals surface area contributed by atoms with Crippen molar-refractivity contribution in [2.75, 3.05) is 13.2 Å². The van der Waals surface area contributed by atoms with Crippen LogP contribution < -0.4 is 5.32 Å². The van der Waals surface area contributed by atoms with E-state index in [0.717, 1.165) is 57.8 Å². The van der Waals surface area contributed by atoms with Crippen molar-refractivity contribution in [2.45, 2.75) is 123 Å². The average Bonchev–Trinajstić information content (AvgIpc) is 3.17. The predicted octanol–water partition coefficient (Wildman–Crippen LogP) is 6.31. The predicted molar refractivity (Wildman–Crippen MR) is 140 cm³/mol. The first kappa shape index (κ1) is 27.2. The highest BCUT2D eigenvalue weighted by atomic mass is 16.5. The number of aliphatic hydroxyl groups excluding tert-OH is 2. The lowest BCUT2D eigenvalue weighted by Crippen LogP contribution is -2.62. The van der Waals surface area contributed by atoms with Gasteiger partial charge < -0.3 is 20.3 Å². The number of amides is 1. The van der Waals surface area contributed by atoms with Crippen LogP contribution in [0.25, 0.3) is 0 Å². The van der Waals surface area contributed by atoms with E-state index in [1.54, 1.807) is 0 Å². The number of hydrogen-bond acceptors (Lipinski definition) is 4. The molecule has 4 rings (SSSR count). The molecule has 5 heteroatoms. The molecule has 10 atom stereocenters. The second-order valence-electron chi connectivity index (χ2n) is 13.1. The van der Waals surface area contributed by atoms with E-state index in [1.807, 2.05) is 0 Å². The first-order chi connectivity index (χ1) is 16.8. The summed E-state index contributed by atoms with van der Waals surface area (Å²) in [5, 5.41) is 25.1. The quantitative estimate of drug-likeness (QED) is 0.330. The Hall–Kier alpha value is -0.810. The number of ether oxygens (including phenoxy) is 1. The minimum absolute atomic E-state index is 0.184. The number of carbonyl (C=O) groups is 1. The number of aliphatic hydroxyl groups is 2. The maximum absolute atomic E-state index is 11.9. The van der Waals surface area contributed by atoms with Gasteiger partial charge in [-0.05, 0) is 111 Å². The largest absolute Gasteiger partial charge is 0.450 e. The summed E-state index contributed by atoms with van der Waals surface area (Å²) in [6.45, 7) is 10.6. The Morgan fingerprint density at radius 3 is 2.43 bits per heavy atom. The van der Waals surface area contributed by atoms with Crippen LogP contribution >= 0.6 is 0 Å². The van der Waals surface area contributed by atoms with E-state index in [2.05, 4.69) is 33.0 Å². The first-order valence-electron chi connectivity index (χ1n) is 15.0. The normalized spacial score (nSPS) is 44.7. The third-order valence-corrected chi connectivity index (χ3v) is 11.6. The van der Waals surface area contributed by atoms with Gasteiger partial charge in [0, 0.05) is 6.54 Å². The molecular formula is C30H53NO4. The molecule has 0 aromatic rings. The molecule has 0 bridgehead atoms. The molecule has 202 valence electrons. The highest BCUT2D eigenvalue weighted by molar-refractivity contribution is 5.66. The first-order valence-corrected chi connectivity index (χ1v) is 15.0. The maximum atomic E-state index is 11.9. The number of unbranched alkanes of at least 4 members (excludes halogenated alkanes) is 2. The van der Waals surface area contributed by atoms with Gasteiger partial charge in [0.2, 0.25) is 0 Å². The van der Waals surface area contributed by atoms with Crippen LogP contribution in [0.1, 0.15) is 111 Å².